The van der Waals surface area contributed by atoms with Gasteiger partial charge in [-0.1, -0.05) is 6.92 Å². The molecular weight excluding hydrogens is 314 g/mol. The molecule has 0 spiro atoms. The molecule has 1 fully saturated rings. The summed E-state index contributed by atoms with van der Waals surface area (Å²) in [6, 6.07) is 11.3. The third-order valence-corrected chi connectivity index (χ3v) is 4.51. The van der Waals surface area contributed by atoms with E-state index in [1.54, 1.807) is 6.07 Å². The Hall–Kier alpha value is -2.63. The fourth-order valence-electron chi connectivity index (χ4n) is 3.05. The van der Waals surface area contributed by atoms with E-state index < -0.39 is 0 Å². The summed E-state index contributed by atoms with van der Waals surface area (Å²) in [5.41, 5.74) is 2.15. The molecule has 1 saturated heterocycles. The molecule has 3 rings (SSSR count). The van der Waals surface area contributed by atoms with Crippen LogP contribution in [-0.4, -0.2) is 43.3 Å². The number of anilines is 3. The lowest BCUT2D eigenvalue weighted by atomic mass is 10.0. The largest absolute Gasteiger partial charge is 0.378 e. The first-order valence-electron chi connectivity index (χ1n) is 8.70. The predicted molar refractivity (Wildman–Crippen MR) is 101 cm³/mol. The summed E-state index contributed by atoms with van der Waals surface area (Å²) >= 11 is 0. The van der Waals surface area contributed by atoms with Crippen molar-refractivity contribution in [1.29, 1.82) is 0 Å². The molecule has 1 aliphatic rings. The summed E-state index contributed by atoms with van der Waals surface area (Å²) in [6.07, 6.45) is 2.44. The molecule has 1 aromatic heterocycles. The van der Waals surface area contributed by atoms with Crippen LogP contribution in [-0.2, 0) is 0 Å². The van der Waals surface area contributed by atoms with Gasteiger partial charge in [-0.25, -0.2) is 0 Å². The second-order valence-corrected chi connectivity index (χ2v) is 6.87. The first-order chi connectivity index (χ1) is 12.0. The zero-order chi connectivity index (χ0) is 17.8. The van der Waals surface area contributed by atoms with Gasteiger partial charge in [-0.05, 0) is 55.2 Å². The third kappa shape index (κ3) is 4.26. The lowest BCUT2D eigenvalue weighted by molar-refractivity contribution is 0.102. The minimum absolute atomic E-state index is 0.247. The molecule has 0 radical (unpaired) electrons. The van der Waals surface area contributed by atoms with Crippen molar-refractivity contribution in [3.05, 3.63) is 42.1 Å². The molecule has 1 aliphatic heterocycles. The van der Waals surface area contributed by atoms with Crippen LogP contribution in [0.25, 0.3) is 0 Å². The topological polar surface area (TPSA) is 61.4 Å². The van der Waals surface area contributed by atoms with E-state index in [1.165, 1.54) is 12.8 Å². The molecule has 1 amide bonds. The van der Waals surface area contributed by atoms with Gasteiger partial charge in [-0.2, -0.15) is 0 Å². The standard InChI is InChI=1S/C19H25N5O/c1-14-5-4-12-24(13-14)18-11-10-17(21-22-18)19(25)20-15-6-8-16(9-7-15)23(2)3/h6-11,14H,4-5,12-13H2,1-3H3,(H,20,25). The quantitative estimate of drug-likeness (QED) is 0.928. The minimum Gasteiger partial charge on any atom is -0.378 e. The predicted octanol–water partition coefficient (Wildman–Crippen LogP) is 3.03. The number of aromatic nitrogens is 2. The molecule has 1 unspecified atom stereocenters. The SMILES string of the molecule is CC1CCCN(c2ccc(C(=O)Nc3ccc(N(C)C)cc3)nn2)C1. The van der Waals surface area contributed by atoms with E-state index in [-0.39, 0.29) is 5.91 Å². The molecule has 25 heavy (non-hydrogen) atoms. The maximum atomic E-state index is 12.3. The molecule has 6 nitrogen and oxygen atoms in total. The molecule has 1 atom stereocenters. The molecule has 1 aromatic carbocycles. The number of nitrogens with zero attached hydrogens (tertiary/aromatic N) is 4. The van der Waals surface area contributed by atoms with Crippen molar-refractivity contribution in [1.82, 2.24) is 10.2 Å². The third-order valence-electron chi connectivity index (χ3n) is 4.51. The number of benzene rings is 1. The van der Waals surface area contributed by atoms with E-state index in [0.717, 1.165) is 30.3 Å². The Balaban J connectivity index is 1.64. The van der Waals surface area contributed by atoms with Crippen LogP contribution in [0.2, 0.25) is 0 Å². The van der Waals surface area contributed by atoms with Crippen LogP contribution in [0.5, 0.6) is 0 Å². The number of nitrogens with one attached hydrogen (secondary N) is 1. The summed E-state index contributed by atoms with van der Waals surface area (Å²) < 4.78 is 0. The summed E-state index contributed by atoms with van der Waals surface area (Å²) in [7, 11) is 3.96. The Morgan fingerprint density at radius 3 is 2.52 bits per heavy atom. The number of piperidine rings is 1. The number of carbonyl (C=O) groups is 1. The highest BCUT2D eigenvalue weighted by atomic mass is 16.1. The van der Waals surface area contributed by atoms with Crippen molar-refractivity contribution >= 4 is 23.1 Å². The Bertz CT molecular complexity index is 712. The molecule has 6 heteroatoms. The Morgan fingerprint density at radius 1 is 1.16 bits per heavy atom. The molecular formula is C19H25N5O. The van der Waals surface area contributed by atoms with Gasteiger partial charge in [0.2, 0.25) is 0 Å². The van der Waals surface area contributed by atoms with Crippen LogP contribution >= 0.6 is 0 Å². The van der Waals surface area contributed by atoms with E-state index in [2.05, 4.69) is 27.3 Å². The van der Waals surface area contributed by atoms with E-state index in [4.69, 9.17) is 0 Å². The molecule has 1 N–H and O–H groups in total. The highest BCUT2D eigenvalue weighted by Crippen LogP contribution is 2.21. The lowest BCUT2D eigenvalue weighted by Gasteiger charge is -2.31. The van der Waals surface area contributed by atoms with Gasteiger partial charge in [0, 0.05) is 38.6 Å². The average Bonchev–Trinajstić information content (AvgIpc) is 2.62. The summed E-state index contributed by atoms with van der Waals surface area (Å²) in [5, 5.41) is 11.2. The Morgan fingerprint density at radius 2 is 1.92 bits per heavy atom. The monoisotopic (exact) mass is 339 g/mol. The van der Waals surface area contributed by atoms with Crippen LogP contribution < -0.4 is 15.1 Å². The molecule has 0 aliphatic carbocycles. The van der Waals surface area contributed by atoms with Gasteiger partial charge in [0.05, 0.1) is 0 Å². The van der Waals surface area contributed by atoms with Crippen molar-refractivity contribution in [2.24, 2.45) is 5.92 Å². The number of hydrogen-bond donors (Lipinski definition) is 1. The van der Waals surface area contributed by atoms with E-state index in [9.17, 15) is 4.79 Å². The lowest BCUT2D eigenvalue weighted by Crippen LogP contribution is -2.35. The number of carbonyl (C=O) groups excluding carboxylic acids is 1. The highest BCUT2D eigenvalue weighted by Gasteiger charge is 2.18. The number of amides is 1. The van der Waals surface area contributed by atoms with E-state index in [1.807, 2.05) is 49.3 Å². The van der Waals surface area contributed by atoms with Crippen molar-refractivity contribution in [3.63, 3.8) is 0 Å². The zero-order valence-corrected chi connectivity index (χ0v) is 15.1. The smallest absolute Gasteiger partial charge is 0.276 e. The summed E-state index contributed by atoms with van der Waals surface area (Å²) in [4.78, 5) is 16.6. The molecule has 0 saturated carbocycles. The normalized spacial score (nSPS) is 17.2. The van der Waals surface area contributed by atoms with Gasteiger partial charge in [0.25, 0.3) is 5.91 Å². The van der Waals surface area contributed by atoms with Gasteiger partial charge in [-0.15, -0.1) is 10.2 Å². The van der Waals surface area contributed by atoms with Gasteiger partial charge >= 0.3 is 0 Å². The molecule has 2 heterocycles. The van der Waals surface area contributed by atoms with Crippen molar-refractivity contribution in [3.8, 4) is 0 Å². The summed E-state index contributed by atoms with van der Waals surface area (Å²) in [6.45, 7) is 4.25. The maximum absolute atomic E-state index is 12.3. The van der Waals surface area contributed by atoms with Gasteiger partial charge < -0.3 is 15.1 Å². The van der Waals surface area contributed by atoms with Crippen molar-refractivity contribution < 1.29 is 4.79 Å². The van der Waals surface area contributed by atoms with Gasteiger partial charge in [-0.3, -0.25) is 4.79 Å². The first kappa shape index (κ1) is 17.2. The average molecular weight is 339 g/mol. The fraction of sp³-hybridized carbons (Fsp3) is 0.421. The first-order valence-corrected chi connectivity index (χ1v) is 8.70. The van der Waals surface area contributed by atoms with Crippen LogP contribution in [0.1, 0.15) is 30.3 Å². The molecule has 2 aromatic rings. The Labute approximate surface area is 148 Å². The minimum atomic E-state index is -0.247. The van der Waals surface area contributed by atoms with E-state index in [0.29, 0.717) is 11.6 Å². The van der Waals surface area contributed by atoms with E-state index >= 15 is 0 Å². The fourth-order valence-corrected chi connectivity index (χ4v) is 3.05. The van der Waals surface area contributed by atoms with Crippen molar-refractivity contribution in [2.75, 3.05) is 42.3 Å². The number of hydrogen-bond acceptors (Lipinski definition) is 5. The van der Waals surface area contributed by atoms with Gasteiger partial charge in [0.15, 0.2) is 11.5 Å². The van der Waals surface area contributed by atoms with Crippen molar-refractivity contribution in [2.45, 2.75) is 19.8 Å². The van der Waals surface area contributed by atoms with Crippen LogP contribution in [0.3, 0.4) is 0 Å². The van der Waals surface area contributed by atoms with Crippen LogP contribution in [0.15, 0.2) is 36.4 Å². The molecule has 0 bridgehead atoms. The molecule has 132 valence electrons. The van der Waals surface area contributed by atoms with Crippen LogP contribution in [0.4, 0.5) is 17.2 Å². The zero-order valence-electron chi connectivity index (χ0n) is 15.1. The maximum Gasteiger partial charge on any atom is 0.276 e. The second-order valence-electron chi connectivity index (χ2n) is 6.87. The van der Waals surface area contributed by atoms with Crippen LogP contribution in [0, 0.1) is 5.92 Å². The second kappa shape index (κ2) is 7.51. The number of rotatable bonds is 4. The summed E-state index contributed by atoms with van der Waals surface area (Å²) in [5.74, 6) is 1.27. The van der Waals surface area contributed by atoms with Gasteiger partial charge in [0.1, 0.15) is 0 Å². The highest BCUT2D eigenvalue weighted by molar-refractivity contribution is 6.02. The Kier molecular flexibility index (Phi) is 5.16.